The second-order valence-electron chi connectivity index (χ2n) is 10.6. The first kappa shape index (κ1) is 23.0. The first-order chi connectivity index (χ1) is 15.5. The average Bonchev–Trinajstić information content (AvgIpc) is 2.77. The molecule has 0 amide bonds. The molecule has 0 heterocycles. The van der Waals surface area contributed by atoms with Gasteiger partial charge in [-0.3, -0.25) is 0 Å². The van der Waals surface area contributed by atoms with Crippen molar-refractivity contribution in [1.82, 2.24) is 0 Å². The third-order valence-corrected chi connectivity index (χ3v) is 7.43. The number of hydrogen-bond acceptors (Lipinski definition) is 1. The van der Waals surface area contributed by atoms with E-state index in [1.807, 2.05) is 12.1 Å². The van der Waals surface area contributed by atoms with Crippen LogP contribution in [0.5, 0.6) is 0 Å². The van der Waals surface area contributed by atoms with Gasteiger partial charge < -0.3 is 5.11 Å². The van der Waals surface area contributed by atoms with Crippen molar-refractivity contribution in [2.24, 2.45) is 0 Å². The van der Waals surface area contributed by atoms with E-state index in [9.17, 15) is 9.90 Å². The van der Waals surface area contributed by atoms with Crippen LogP contribution in [0.1, 0.15) is 58.4 Å². The maximum Gasteiger partial charge on any atom is 0.335 e. The van der Waals surface area contributed by atoms with Crippen LogP contribution in [0.4, 0.5) is 0 Å². The summed E-state index contributed by atoms with van der Waals surface area (Å²) in [6.07, 6.45) is 3.39. The molecule has 3 aromatic carbocycles. The zero-order chi connectivity index (χ0) is 23.8. The molecule has 0 fully saturated rings. The van der Waals surface area contributed by atoms with Gasteiger partial charge >= 0.3 is 5.97 Å². The van der Waals surface area contributed by atoms with E-state index in [4.69, 9.17) is 0 Å². The van der Waals surface area contributed by atoms with E-state index in [0.29, 0.717) is 5.56 Å². The van der Waals surface area contributed by atoms with Crippen molar-refractivity contribution in [3.8, 4) is 0 Å². The Hall–Kier alpha value is -3.17. The lowest BCUT2D eigenvalue weighted by atomic mass is 9.71. The zero-order valence-electron chi connectivity index (χ0n) is 20.1. The van der Waals surface area contributed by atoms with Crippen molar-refractivity contribution >= 4 is 25.2 Å². The van der Waals surface area contributed by atoms with Gasteiger partial charge in [0.25, 0.3) is 0 Å². The van der Waals surface area contributed by atoms with Crippen LogP contribution in [0.15, 0.2) is 84.6 Å². The van der Waals surface area contributed by atoms with Crippen molar-refractivity contribution in [2.75, 3.05) is 0 Å². The number of carboxylic acid groups (broad SMARTS) is 1. The van der Waals surface area contributed by atoms with Gasteiger partial charge in [0, 0.05) is 0 Å². The lowest BCUT2D eigenvalue weighted by molar-refractivity contribution is 0.0697. The number of allylic oxidation sites excluding steroid dienone is 1. The van der Waals surface area contributed by atoms with Crippen molar-refractivity contribution in [3.05, 3.63) is 118 Å². The van der Waals surface area contributed by atoms with Crippen LogP contribution in [0.2, 0.25) is 19.6 Å². The molecule has 1 aliphatic carbocycles. The summed E-state index contributed by atoms with van der Waals surface area (Å²) in [4.78, 5) is 11.4. The van der Waals surface area contributed by atoms with Crippen LogP contribution in [-0.4, -0.2) is 19.1 Å². The lowest BCUT2D eigenvalue weighted by Crippen LogP contribution is -2.22. The van der Waals surface area contributed by atoms with Gasteiger partial charge in [0.05, 0.1) is 13.6 Å². The average molecular weight is 453 g/mol. The quantitative estimate of drug-likeness (QED) is 0.401. The van der Waals surface area contributed by atoms with Gasteiger partial charge in [-0.25, -0.2) is 4.79 Å². The molecule has 0 saturated carbocycles. The van der Waals surface area contributed by atoms with E-state index in [1.54, 1.807) is 12.1 Å². The standard InChI is InChI=1S/C30H32O2Si/c1-30(2)18-17-25(21-9-7-6-8-10-21)26-19-24(15-16-28(26)30)27(20-33(3,4)5)22-11-13-23(14-12-22)29(31)32/h6-17,19-20H,18H2,1-5H3,(H,31,32)/b27-20-. The Morgan fingerprint density at radius 1 is 0.879 bits per heavy atom. The molecule has 1 N–H and O–H groups in total. The molecule has 4 rings (SSSR count). The topological polar surface area (TPSA) is 37.3 Å². The first-order valence-electron chi connectivity index (χ1n) is 11.5. The molecule has 0 radical (unpaired) electrons. The van der Waals surface area contributed by atoms with Gasteiger partial charge in [0.15, 0.2) is 0 Å². The maximum atomic E-state index is 11.4. The fourth-order valence-corrected chi connectivity index (χ4v) is 5.75. The first-order valence-corrected chi connectivity index (χ1v) is 15.1. The Bertz CT molecular complexity index is 1240. The fourth-order valence-electron chi connectivity index (χ4n) is 4.55. The molecule has 0 atom stereocenters. The van der Waals surface area contributed by atoms with Crippen LogP contribution in [0, 0.1) is 0 Å². The minimum absolute atomic E-state index is 0.0813. The van der Waals surface area contributed by atoms with Crippen LogP contribution in [0.25, 0.3) is 11.1 Å². The molecular weight excluding hydrogens is 420 g/mol. The Morgan fingerprint density at radius 2 is 1.48 bits per heavy atom. The van der Waals surface area contributed by atoms with E-state index in [0.717, 1.165) is 12.0 Å². The highest BCUT2D eigenvalue weighted by Gasteiger charge is 2.29. The predicted octanol–water partition coefficient (Wildman–Crippen LogP) is 7.81. The SMILES string of the molecule is CC1(C)CC=C(c2ccccc2)c2cc(/C(=C\[Si](C)(C)C)c3ccc(C(=O)O)cc3)ccc21. The zero-order valence-corrected chi connectivity index (χ0v) is 21.1. The van der Waals surface area contributed by atoms with Gasteiger partial charge in [0.2, 0.25) is 0 Å². The van der Waals surface area contributed by atoms with Crippen LogP contribution >= 0.6 is 0 Å². The van der Waals surface area contributed by atoms with E-state index in [-0.39, 0.29) is 5.41 Å². The molecular formula is C30H32O2Si. The number of carboxylic acids is 1. The summed E-state index contributed by atoms with van der Waals surface area (Å²) >= 11 is 0. The van der Waals surface area contributed by atoms with E-state index < -0.39 is 14.0 Å². The summed E-state index contributed by atoms with van der Waals surface area (Å²) in [6.45, 7) is 11.6. The van der Waals surface area contributed by atoms with Gasteiger partial charge in [-0.1, -0.05) is 99.9 Å². The number of fused-ring (bicyclic) bond motifs is 1. The highest BCUT2D eigenvalue weighted by Crippen LogP contribution is 2.43. The second kappa shape index (κ2) is 8.64. The molecule has 1 aliphatic rings. The molecule has 0 aromatic heterocycles. The molecule has 0 saturated heterocycles. The number of rotatable bonds is 5. The summed E-state index contributed by atoms with van der Waals surface area (Å²) < 4.78 is 0. The second-order valence-corrected chi connectivity index (χ2v) is 15.7. The predicted molar refractivity (Wildman–Crippen MR) is 141 cm³/mol. The Labute approximate surface area is 198 Å². The number of carbonyl (C=O) groups is 1. The molecule has 2 nitrogen and oxygen atoms in total. The van der Waals surface area contributed by atoms with E-state index in [1.165, 1.54) is 33.4 Å². The fraction of sp³-hybridized carbons (Fsp3) is 0.233. The largest absolute Gasteiger partial charge is 0.478 e. The smallest absolute Gasteiger partial charge is 0.335 e. The van der Waals surface area contributed by atoms with Crippen LogP contribution in [0.3, 0.4) is 0 Å². The third kappa shape index (κ3) is 4.94. The summed E-state index contributed by atoms with van der Waals surface area (Å²) in [5.74, 6) is -0.897. The number of benzene rings is 3. The molecule has 3 aromatic rings. The summed E-state index contributed by atoms with van der Waals surface area (Å²) in [6, 6.07) is 24.8. The van der Waals surface area contributed by atoms with E-state index >= 15 is 0 Å². The van der Waals surface area contributed by atoms with Crippen molar-refractivity contribution in [1.29, 1.82) is 0 Å². The highest BCUT2D eigenvalue weighted by molar-refractivity contribution is 6.81. The maximum absolute atomic E-state index is 11.4. The van der Waals surface area contributed by atoms with Gasteiger partial charge in [-0.05, 0) is 69.0 Å². The summed E-state index contributed by atoms with van der Waals surface area (Å²) in [5, 5.41) is 9.32. The third-order valence-electron chi connectivity index (χ3n) is 6.27. The molecule has 33 heavy (non-hydrogen) atoms. The molecule has 0 unspecified atom stereocenters. The van der Waals surface area contributed by atoms with Crippen molar-refractivity contribution < 1.29 is 9.90 Å². The summed E-state index contributed by atoms with van der Waals surface area (Å²) in [5.41, 5.74) is 11.4. The molecule has 168 valence electrons. The Balaban J connectivity index is 1.89. The Morgan fingerprint density at radius 3 is 2.09 bits per heavy atom. The monoisotopic (exact) mass is 452 g/mol. The van der Waals surface area contributed by atoms with Crippen LogP contribution < -0.4 is 0 Å². The number of hydrogen-bond donors (Lipinski definition) is 1. The minimum Gasteiger partial charge on any atom is -0.478 e. The normalized spacial score (nSPS) is 15.5. The lowest BCUT2D eigenvalue weighted by Gasteiger charge is -2.33. The van der Waals surface area contributed by atoms with Crippen molar-refractivity contribution in [2.45, 2.75) is 45.3 Å². The molecule has 3 heteroatoms. The van der Waals surface area contributed by atoms with E-state index in [2.05, 4.69) is 93.8 Å². The Kier molecular flexibility index (Phi) is 6.02. The summed E-state index contributed by atoms with van der Waals surface area (Å²) in [7, 11) is -1.56. The van der Waals surface area contributed by atoms with Gasteiger partial charge in [0.1, 0.15) is 0 Å². The molecule has 0 spiro atoms. The van der Waals surface area contributed by atoms with Gasteiger partial charge in [-0.15, -0.1) is 0 Å². The molecule has 0 bridgehead atoms. The number of aromatic carboxylic acids is 1. The molecule has 0 aliphatic heterocycles. The minimum atomic E-state index is -1.56. The van der Waals surface area contributed by atoms with Gasteiger partial charge in [-0.2, -0.15) is 0 Å². The van der Waals surface area contributed by atoms with Crippen LogP contribution in [-0.2, 0) is 5.41 Å². The highest BCUT2D eigenvalue weighted by atomic mass is 28.3. The van der Waals surface area contributed by atoms with Crippen molar-refractivity contribution in [3.63, 3.8) is 0 Å².